The van der Waals surface area contributed by atoms with Crippen LogP contribution in [0.25, 0.3) is 10.2 Å². The molecule has 5 nitrogen and oxygen atoms in total. The number of aliphatic hydroxyl groups is 1. The monoisotopic (exact) mass is 356 g/mol. The lowest BCUT2D eigenvalue weighted by atomic mass is 10.0. The van der Waals surface area contributed by atoms with Crippen molar-refractivity contribution >= 4 is 48.6 Å². The van der Waals surface area contributed by atoms with Crippen molar-refractivity contribution in [1.82, 2.24) is 4.98 Å². The summed E-state index contributed by atoms with van der Waals surface area (Å²) in [5.74, 6) is -0.0306. The summed E-state index contributed by atoms with van der Waals surface area (Å²) in [6.07, 6.45) is 0. The Morgan fingerprint density at radius 3 is 3.00 bits per heavy atom. The summed E-state index contributed by atoms with van der Waals surface area (Å²) in [4.78, 5) is 18.3. The molecule has 0 unspecified atom stereocenters. The van der Waals surface area contributed by atoms with Crippen LogP contribution < -0.4 is 4.90 Å². The third kappa shape index (κ3) is 2.30. The molecule has 2 aromatic rings. The largest absolute Gasteiger partial charge is 0.465 e. The molecule has 0 aliphatic carbocycles. The van der Waals surface area contributed by atoms with E-state index < -0.39 is 0 Å². The lowest BCUT2D eigenvalue weighted by Gasteiger charge is -2.37. The summed E-state index contributed by atoms with van der Waals surface area (Å²) in [5, 5.41) is 9.98. The third-order valence-corrected chi connectivity index (χ3v) is 5.09. The number of thiazole rings is 1. The Balaban J connectivity index is 1.93. The highest BCUT2D eigenvalue weighted by Gasteiger charge is 2.28. The molecule has 0 atom stereocenters. The van der Waals surface area contributed by atoms with Crippen molar-refractivity contribution in [2.24, 2.45) is 5.92 Å². The molecule has 1 aromatic heterocycles. The highest BCUT2D eigenvalue weighted by Crippen LogP contribution is 2.35. The van der Waals surface area contributed by atoms with Crippen LogP contribution in [0.1, 0.15) is 10.4 Å². The molecular formula is C13H13BrN2O3S. The van der Waals surface area contributed by atoms with E-state index in [4.69, 9.17) is 9.84 Å². The van der Waals surface area contributed by atoms with Crippen LogP contribution in [0.3, 0.4) is 0 Å². The van der Waals surface area contributed by atoms with Gasteiger partial charge in [0.1, 0.15) is 0 Å². The second kappa shape index (κ2) is 5.31. The molecule has 0 saturated carbocycles. The number of hydrogen-bond donors (Lipinski definition) is 1. The first-order valence-corrected chi connectivity index (χ1v) is 7.77. The first-order valence-electron chi connectivity index (χ1n) is 6.16. The summed E-state index contributed by atoms with van der Waals surface area (Å²) in [7, 11) is 1.36. The number of halogens is 1. The van der Waals surface area contributed by atoms with Crippen molar-refractivity contribution in [2.75, 3.05) is 31.7 Å². The minimum atomic E-state index is -0.377. The number of methoxy groups -OCH3 is 1. The molecule has 1 aliphatic heterocycles. The van der Waals surface area contributed by atoms with E-state index >= 15 is 0 Å². The Bertz CT molecular complexity index is 667. The molecule has 2 heterocycles. The Morgan fingerprint density at radius 2 is 2.35 bits per heavy atom. The molecule has 1 saturated heterocycles. The van der Waals surface area contributed by atoms with E-state index in [1.54, 1.807) is 17.4 Å². The van der Waals surface area contributed by atoms with Gasteiger partial charge in [-0.15, -0.1) is 0 Å². The molecule has 0 bridgehead atoms. The summed E-state index contributed by atoms with van der Waals surface area (Å²) in [6.45, 7) is 1.89. The van der Waals surface area contributed by atoms with Gasteiger partial charge in [0.2, 0.25) is 0 Å². The lowest BCUT2D eigenvalue weighted by molar-refractivity contribution is 0.0600. The van der Waals surface area contributed by atoms with Crippen LogP contribution in [-0.2, 0) is 4.74 Å². The number of rotatable bonds is 3. The molecule has 3 rings (SSSR count). The SMILES string of the molecule is COC(=O)c1cc2nc(N3CC(CO)C3)sc2cc1Br. The molecule has 0 amide bonds. The van der Waals surface area contributed by atoms with Crippen LogP contribution in [0.15, 0.2) is 16.6 Å². The molecule has 0 spiro atoms. The number of aromatic nitrogens is 1. The van der Waals surface area contributed by atoms with Gasteiger partial charge in [0.15, 0.2) is 5.13 Å². The molecule has 1 aliphatic rings. The first-order chi connectivity index (χ1) is 9.62. The maximum absolute atomic E-state index is 11.7. The number of nitrogens with zero attached hydrogens (tertiary/aromatic N) is 2. The van der Waals surface area contributed by atoms with Crippen LogP contribution in [-0.4, -0.2) is 42.9 Å². The van der Waals surface area contributed by atoms with E-state index in [-0.39, 0.29) is 12.6 Å². The van der Waals surface area contributed by atoms with Crippen LogP contribution in [0, 0.1) is 5.92 Å². The summed E-state index contributed by atoms with van der Waals surface area (Å²) in [5.41, 5.74) is 1.27. The Kier molecular flexibility index (Phi) is 3.66. The second-order valence-electron chi connectivity index (χ2n) is 4.74. The van der Waals surface area contributed by atoms with Gasteiger partial charge in [-0.3, -0.25) is 0 Å². The fourth-order valence-corrected chi connectivity index (χ4v) is 3.84. The van der Waals surface area contributed by atoms with Crippen molar-refractivity contribution < 1.29 is 14.6 Å². The predicted molar refractivity (Wildman–Crippen MR) is 81.4 cm³/mol. The van der Waals surface area contributed by atoms with Gasteiger partial charge in [-0.25, -0.2) is 9.78 Å². The average Bonchev–Trinajstić information content (AvgIpc) is 2.78. The zero-order valence-electron chi connectivity index (χ0n) is 10.8. The molecule has 1 fully saturated rings. The maximum Gasteiger partial charge on any atom is 0.339 e. The van der Waals surface area contributed by atoms with Crippen LogP contribution in [0.2, 0.25) is 0 Å². The number of hydrogen-bond acceptors (Lipinski definition) is 6. The van der Waals surface area contributed by atoms with Gasteiger partial charge < -0.3 is 14.7 Å². The van der Waals surface area contributed by atoms with Gasteiger partial charge in [0.25, 0.3) is 0 Å². The van der Waals surface area contributed by atoms with Gasteiger partial charge in [-0.1, -0.05) is 11.3 Å². The van der Waals surface area contributed by atoms with Gasteiger partial charge >= 0.3 is 5.97 Å². The van der Waals surface area contributed by atoms with E-state index in [1.807, 2.05) is 6.07 Å². The summed E-state index contributed by atoms with van der Waals surface area (Å²) >= 11 is 4.98. The average molecular weight is 357 g/mol. The van der Waals surface area contributed by atoms with Crippen LogP contribution in [0.4, 0.5) is 5.13 Å². The van der Waals surface area contributed by atoms with E-state index in [9.17, 15) is 4.79 Å². The van der Waals surface area contributed by atoms with Gasteiger partial charge in [-0.05, 0) is 28.1 Å². The zero-order valence-corrected chi connectivity index (χ0v) is 13.2. The predicted octanol–water partition coefficient (Wildman–Crippen LogP) is 2.27. The fourth-order valence-electron chi connectivity index (χ4n) is 2.18. The van der Waals surface area contributed by atoms with E-state index in [0.717, 1.165) is 28.4 Å². The number of aliphatic hydroxyl groups excluding tert-OH is 1. The van der Waals surface area contributed by atoms with Gasteiger partial charge in [-0.2, -0.15) is 0 Å². The minimum Gasteiger partial charge on any atom is -0.465 e. The van der Waals surface area contributed by atoms with E-state index in [1.165, 1.54) is 7.11 Å². The smallest absolute Gasteiger partial charge is 0.339 e. The number of benzene rings is 1. The maximum atomic E-state index is 11.7. The van der Waals surface area contributed by atoms with Crippen molar-refractivity contribution in [3.63, 3.8) is 0 Å². The summed E-state index contributed by atoms with van der Waals surface area (Å²) < 4.78 is 6.48. The van der Waals surface area contributed by atoms with E-state index in [0.29, 0.717) is 16.0 Å². The molecular weight excluding hydrogens is 344 g/mol. The Hall–Kier alpha value is -1.18. The number of anilines is 1. The van der Waals surface area contributed by atoms with E-state index in [2.05, 4.69) is 25.8 Å². The normalized spacial score (nSPS) is 15.4. The van der Waals surface area contributed by atoms with Crippen molar-refractivity contribution in [3.8, 4) is 0 Å². The van der Waals surface area contributed by atoms with Gasteiger partial charge in [0.05, 0.1) is 22.9 Å². The Morgan fingerprint density at radius 1 is 1.60 bits per heavy atom. The van der Waals surface area contributed by atoms with Crippen LogP contribution in [0.5, 0.6) is 0 Å². The highest BCUT2D eigenvalue weighted by molar-refractivity contribution is 9.10. The number of fused-ring (bicyclic) bond motifs is 1. The molecule has 106 valence electrons. The molecule has 1 aromatic carbocycles. The fraction of sp³-hybridized carbons (Fsp3) is 0.385. The minimum absolute atomic E-state index is 0.222. The number of carbonyl (C=O) groups is 1. The van der Waals surface area contributed by atoms with Crippen molar-refractivity contribution in [2.45, 2.75) is 0 Å². The second-order valence-corrected chi connectivity index (χ2v) is 6.60. The van der Waals surface area contributed by atoms with Gasteiger partial charge in [0, 0.05) is 30.1 Å². The number of esters is 1. The quantitative estimate of drug-likeness (QED) is 0.854. The Labute approximate surface area is 128 Å². The van der Waals surface area contributed by atoms with Crippen LogP contribution >= 0.6 is 27.3 Å². The molecule has 1 N–H and O–H groups in total. The first kappa shape index (κ1) is 13.8. The van der Waals surface area contributed by atoms with Crippen molar-refractivity contribution in [3.05, 3.63) is 22.2 Å². The summed E-state index contributed by atoms with van der Waals surface area (Å²) in [6, 6.07) is 3.64. The standard InChI is InChI=1S/C13H13BrN2O3S/c1-19-12(18)8-2-10-11(3-9(8)14)20-13(15-10)16-4-7(5-16)6-17/h2-3,7,17H,4-6H2,1H3. The lowest BCUT2D eigenvalue weighted by Crippen LogP contribution is -2.48. The third-order valence-electron chi connectivity index (χ3n) is 3.36. The highest BCUT2D eigenvalue weighted by atomic mass is 79.9. The molecule has 7 heteroatoms. The number of ether oxygens (including phenoxy) is 1. The number of carbonyl (C=O) groups excluding carboxylic acids is 1. The molecule has 0 radical (unpaired) electrons. The molecule has 20 heavy (non-hydrogen) atoms. The zero-order chi connectivity index (χ0) is 14.3. The van der Waals surface area contributed by atoms with Crippen molar-refractivity contribution in [1.29, 1.82) is 0 Å². The topological polar surface area (TPSA) is 62.7 Å².